The maximum absolute atomic E-state index is 12.3. The molecule has 2 heterocycles. The quantitative estimate of drug-likeness (QED) is 0.832. The first-order chi connectivity index (χ1) is 10.4. The number of ether oxygens (including phenoxy) is 2. The van der Waals surface area contributed by atoms with E-state index >= 15 is 0 Å². The van der Waals surface area contributed by atoms with Gasteiger partial charge in [0, 0.05) is 19.7 Å². The Kier molecular flexibility index (Phi) is 3.79. The standard InChI is InChI=1S/C14H16N2O5S/c1-10-5-12(21-15-10)8-22(17,18)16(2)7-11-3-4-13-14(6-11)20-9-19-13/h3-6H,7-9H2,1-2H3. The van der Waals surface area contributed by atoms with Crippen LogP contribution in [-0.4, -0.2) is 31.7 Å². The molecule has 1 aromatic carbocycles. The number of fused-ring (bicyclic) bond motifs is 1. The molecule has 1 aliphatic rings. The van der Waals surface area contributed by atoms with Gasteiger partial charge in [0.1, 0.15) is 5.75 Å². The minimum absolute atomic E-state index is 0.192. The van der Waals surface area contributed by atoms with Gasteiger partial charge in [0.15, 0.2) is 17.3 Å². The summed E-state index contributed by atoms with van der Waals surface area (Å²) in [7, 11) is -1.95. The van der Waals surface area contributed by atoms with Crippen LogP contribution >= 0.6 is 0 Å². The van der Waals surface area contributed by atoms with Crippen molar-refractivity contribution in [1.29, 1.82) is 0 Å². The lowest BCUT2D eigenvalue weighted by molar-refractivity contribution is 0.174. The van der Waals surface area contributed by atoms with Crippen LogP contribution in [0.3, 0.4) is 0 Å². The minimum Gasteiger partial charge on any atom is -0.454 e. The Balaban J connectivity index is 1.71. The molecule has 0 unspecified atom stereocenters. The van der Waals surface area contributed by atoms with E-state index in [9.17, 15) is 8.42 Å². The number of aromatic nitrogens is 1. The van der Waals surface area contributed by atoms with E-state index in [4.69, 9.17) is 14.0 Å². The lowest BCUT2D eigenvalue weighted by atomic mass is 10.2. The van der Waals surface area contributed by atoms with Gasteiger partial charge in [-0.1, -0.05) is 11.2 Å². The summed E-state index contributed by atoms with van der Waals surface area (Å²) >= 11 is 0. The third-order valence-corrected chi connectivity index (χ3v) is 5.05. The smallest absolute Gasteiger partial charge is 0.231 e. The molecule has 0 saturated carbocycles. The fourth-order valence-electron chi connectivity index (χ4n) is 2.17. The van der Waals surface area contributed by atoms with Gasteiger partial charge < -0.3 is 14.0 Å². The van der Waals surface area contributed by atoms with Gasteiger partial charge in [-0.25, -0.2) is 12.7 Å². The second-order valence-corrected chi connectivity index (χ2v) is 7.21. The highest BCUT2D eigenvalue weighted by Crippen LogP contribution is 2.32. The summed E-state index contributed by atoms with van der Waals surface area (Å²) in [6.45, 7) is 2.18. The Bertz CT molecular complexity index is 784. The number of sulfonamides is 1. The molecule has 1 aliphatic heterocycles. The second-order valence-electron chi connectivity index (χ2n) is 5.13. The Hall–Kier alpha value is -2.06. The zero-order chi connectivity index (χ0) is 15.7. The molecule has 0 atom stereocenters. The molecule has 0 amide bonds. The summed E-state index contributed by atoms with van der Waals surface area (Å²) < 4.78 is 41.4. The number of hydrogen-bond acceptors (Lipinski definition) is 6. The molecule has 118 valence electrons. The van der Waals surface area contributed by atoms with Crippen molar-refractivity contribution in [2.45, 2.75) is 19.2 Å². The zero-order valence-electron chi connectivity index (χ0n) is 12.3. The molecule has 22 heavy (non-hydrogen) atoms. The van der Waals surface area contributed by atoms with Crippen LogP contribution in [0.5, 0.6) is 11.5 Å². The average molecular weight is 324 g/mol. The fraction of sp³-hybridized carbons (Fsp3) is 0.357. The predicted octanol–water partition coefficient (Wildman–Crippen LogP) is 1.67. The number of benzene rings is 1. The highest BCUT2D eigenvalue weighted by atomic mass is 32.2. The van der Waals surface area contributed by atoms with Crippen LogP contribution in [0.15, 0.2) is 28.8 Å². The van der Waals surface area contributed by atoms with Crippen molar-refractivity contribution in [3.05, 3.63) is 41.3 Å². The van der Waals surface area contributed by atoms with Crippen molar-refractivity contribution in [2.24, 2.45) is 0 Å². The molecule has 7 nitrogen and oxygen atoms in total. The summed E-state index contributed by atoms with van der Waals surface area (Å²) in [6.07, 6.45) is 0. The van der Waals surface area contributed by atoms with Crippen LogP contribution in [0.25, 0.3) is 0 Å². The van der Waals surface area contributed by atoms with Crippen molar-refractivity contribution in [1.82, 2.24) is 9.46 Å². The zero-order valence-corrected chi connectivity index (χ0v) is 13.1. The molecule has 3 rings (SSSR count). The Morgan fingerprint density at radius 1 is 1.23 bits per heavy atom. The van der Waals surface area contributed by atoms with Crippen LogP contribution in [0.1, 0.15) is 17.0 Å². The molecule has 2 aromatic rings. The van der Waals surface area contributed by atoms with Gasteiger partial charge in [-0.05, 0) is 24.6 Å². The number of hydrogen-bond donors (Lipinski definition) is 0. The van der Waals surface area contributed by atoms with E-state index in [1.165, 1.54) is 11.4 Å². The second kappa shape index (κ2) is 5.62. The maximum Gasteiger partial charge on any atom is 0.231 e. The molecule has 0 bridgehead atoms. The lowest BCUT2D eigenvalue weighted by Crippen LogP contribution is -2.27. The van der Waals surface area contributed by atoms with Gasteiger partial charge >= 0.3 is 0 Å². The summed E-state index contributed by atoms with van der Waals surface area (Å²) in [5.41, 5.74) is 1.48. The van der Waals surface area contributed by atoms with Gasteiger partial charge in [0.2, 0.25) is 16.8 Å². The first-order valence-corrected chi connectivity index (χ1v) is 8.30. The maximum atomic E-state index is 12.3. The van der Waals surface area contributed by atoms with Gasteiger partial charge in [-0.2, -0.15) is 0 Å². The van der Waals surface area contributed by atoms with Gasteiger partial charge in [-0.15, -0.1) is 0 Å². The van der Waals surface area contributed by atoms with Crippen molar-refractivity contribution in [3.63, 3.8) is 0 Å². The average Bonchev–Trinajstić information content (AvgIpc) is 3.06. The fourth-order valence-corrected chi connectivity index (χ4v) is 3.23. The number of aryl methyl sites for hydroxylation is 1. The molecule has 0 fully saturated rings. The molecule has 0 saturated heterocycles. The molecule has 1 aromatic heterocycles. The Morgan fingerprint density at radius 2 is 2.00 bits per heavy atom. The van der Waals surface area contributed by atoms with Crippen LogP contribution in [0.2, 0.25) is 0 Å². The predicted molar refractivity (Wildman–Crippen MR) is 77.9 cm³/mol. The molecular weight excluding hydrogens is 308 g/mol. The Morgan fingerprint density at radius 3 is 2.73 bits per heavy atom. The Labute approximate surface area is 128 Å². The third kappa shape index (κ3) is 3.07. The largest absolute Gasteiger partial charge is 0.454 e. The van der Waals surface area contributed by atoms with E-state index in [-0.39, 0.29) is 19.1 Å². The van der Waals surface area contributed by atoms with Gasteiger partial charge in [-0.3, -0.25) is 0 Å². The van der Waals surface area contributed by atoms with E-state index in [0.29, 0.717) is 23.0 Å². The topological polar surface area (TPSA) is 81.9 Å². The summed E-state index contributed by atoms with van der Waals surface area (Å²) in [5, 5.41) is 3.70. The highest BCUT2D eigenvalue weighted by molar-refractivity contribution is 7.88. The van der Waals surface area contributed by atoms with Crippen molar-refractivity contribution >= 4 is 10.0 Å². The normalized spacial score (nSPS) is 13.8. The summed E-state index contributed by atoms with van der Waals surface area (Å²) in [6, 6.07) is 7.00. The van der Waals surface area contributed by atoms with E-state index < -0.39 is 10.0 Å². The molecule has 0 aliphatic carbocycles. The van der Waals surface area contributed by atoms with E-state index in [1.54, 1.807) is 25.1 Å². The van der Waals surface area contributed by atoms with Gasteiger partial charge in [0.25, 0.3) is 0 Å². The number of nitrogens with zero attached hydrogens (tertiary/aromatic N) is 2. The lowest BCUT2D eigenvalue weighted by Gasteiger charge is -2.16. The number of rotatable bonds is 5. The van der Waals surface area contributed by atoms with Crippen LogP contribution in [0, 0.1) is 6.92 Å². The molecular formula is C14H16N2O5S. The highest BCUT2D eigenvalue weighted by Gasteiger charge is 2.22. The van der Waals surface area contributed by atoms with E-state index in [1.807, 2.05) is 6.07 Å². The van der Waals surface area contributed by atoms with Crippen molar-refractivity contribution in [2.75, 3.05) is 13.8 Å². The van der Waals surface area contributed by atoms with Crippen molar-refractivity contribution in [3.8, 4) is 11.5 Å². The molecule has 0 spiro atoms. The SMILES string of the molecule is Cc1cc(CS(=O)(=O)N(C)Cc2ccc3c(c2)OCO3)on1. The van der Waals surface area contributed by atoms with Gasteiger partial charge in [0.05, 0.1) is 5.69 Å². The molecule has 0 radical (unpaired) electrons. The van der Waals surface area contributed by atoms with Crippen molar-refractivity contribution < 1.29 is 22.4 Å². The third-order valence-electron chi connectivity index (χ3n) is 3.32. The van der Waals surface area contributed by atoms with E-state index in [0.717, 1.165) is 5.56 Å². The monoisotopic (exact) mass is 324 g/mol. The molecule has 0 N–H and O–H groups in total. The van der Waals surface area contributed by atoms with Crippen LogP contribution in [-0.2, 0) is 22.3 Å². The van der Waals surface area contributed by atoms with Crippen LogP contribution in [0.4, 0.5) is 0 Å². The van der Waals surface area contributed by atoms with E-state index in [2.05, 4.69) is 5.16 Å². The minimum atomic E-state index is -3.48. The first kappa shape index (κ1) is 14.9. The first-order valence-electron chi connectivity index (χ1n) is 6.69. The van der Waals surface area contributed by atoms with Crippen LogP contribution < -0.4 is 9.47 Å². The summed E-state index contributed by atoms with van der Waals surface area (Å²) in [4.78, 5) is 0. The molecule has 8 heteroatoms. The summed E-state index contributed by atoms with van der Waals surface area (Å²) in [5.74, 6) is 1.42.